The molecular weight excluding hydrogens is 386 g/mol. The van der Waals surface area contributed by atoms with Gasteiger partial charge in [0.2, 0.25) is 0 Å². The predicted octanol–water partition coefficient (Wildman–Crippen LogP) is 1.41. The summed E-state index contributed by atoms with van der Waals surface area (Å²) in [6.45, 7) is 4.88. The number of carbonyl (C=O) groups excluding carboxylic acids is 3. The van der Waals surface area contributed by atoms with Crippen LogP contribution in [-0.4, -0.2) is 51.8 Å². The SMILES string of the molecule is CC[C@@H](C)[C@H](NC(=O)COC(=O)CCS(=O)(=O)c1ccc(C)cc1)C(=O)OC. The van der Waals surface area contributed by atoms with Crippen molar-refractivity contribution in [3.8, 4) is 0 Å². The zero-order chi connectivity index (χ0) is 21.3. The Morgan fingerprint density at radius 3 is 2.29 bits per heavy atom. The summed E-state index contributed by atoms with van der Waals surface area (Å²) in [5, 5.41) is 2.47. The monoisotopic (exact) mass is 413 g/mol. The predicted molar refractivity (Wildman–Crippen MR) is 102 cm³/mol. The highest BCUT2D eigenvalue weighted by atomic mass is 32.2. The molecule has 0 saturated heterocycles. The fourth-order valence-electron chi connectivity index (χ4n) is 2.31. The van der Waals surface area contributed by atoms with Gasteiger partial charge in [-0.1, -0.05) is 38.0 Å². The average Bonchev–Trinajstić information content (AvgIpc) is 2.68. The van der Waals surface area contributed by atoms with Crippen molar-refractivity contribution in [2.24, 2.45) is 5.92 Å². The van der Waals surface area contributed by atoms with Gasteiger partial charge in [0, 0.05) is 0 Å². The van der Waals surface area contributed by atoms with Gasteiger partial charge in [0.05, 0.1) is 24.2 Å². The van der Waals surface area contributed by atoms with Crippen molar-refractivity contribution in [2.75, 3.05) is 19.5 Å². The number of hydrogen-bond acceptors (Lipinski definition) is 7. The molecule has 0 saturated carbocycles. The average molecular weight is 413 g/mol. The number of benzene rings is 1. The molecule has 156 valence electrons. The number of sulfone groups is 1. The van der Waals surface area contributed by atoms with E-state index in [0.717, 1.165) is 5.56 Å². The second-order valence-corrected chi connectivity index (χ2v) is 8.61. The van der Waals surface area contributed by atoms with Gasteiger partial charge in [-0.25, -0.2) is 13.2 Å². The van der Waals surface area contributed by atoms with Crippen LogP contribution in [0.4, 0.5) is 0 Å². The van der Waals surface area contributed by atoms with E-state index < -0.39 is 46.1 Å². The Balaban J connectivity index is 2.52. The van der Waals surface area contributed by atoms with E-state index in [2.05, 4.69) is 10.1 Å². The van der Waals surface area contributed by atoms with E-state index in [1.54, 1.807) is 19.1 Å². The van der Waals surface area contributed by atoms with Crippen molar-refractivity contribution in [3.63, 3.8) is 0 Å². The molecule has 2 atom stereocenters. The number of ether oxygens (including phenoxy) is 2. The van der Waals surface area contributed by atoms with Gasteiger partial charge in [-0.15, -0.1) is 0 Å². The van der Waals surface area contributed by atoms with Gasteiger partial charge in [-0.2, -0.15) is 0 Å². The molecule has 0 spiro atoms. The second kappa shape index (κ2) is 10.8. The van der Waals surface area contributed by atoms with E-state index in [-0.39, 0.29) is 17.2 Å². The molecule has 1 aromatic carbocycles. The fourth-order valence-corrected chi connectivity index (χ4v) is 3.53. The number of nitrogens with one attached hydrogen (secondary N) is 1. The van der Waals surface area contributed by atoms with Crippen LogP contribution in [0.2, 0.25) is 0 Å². The molecule has 0 aliphatic rings. The molecule has 1 amide bonds. The molecule has 1 rings (SSSR count). The molecule has 1 aromatic rings. The number of hydrogen-bond donors (Lipinski definition) is 1. The molecule has 0 fully saturated rings. The van der Waals surface area contributed by atoms with Crippen molar-refractivity contribution >= 4 is 27.7 Å². The summed E-state index contributed by atoms with van der Waals surface area (Å²) >= 11 is 0. The van der Waals surface area contributed by atoms with Gasteiger partial charge in [0.15, 0.2) is 16.4 Å². The van der Waals surface area contributed by atoms with E-state index in [0.29, 0.717) is 6.42 Å². The Morgan fingerprint density at radius 2 is 1.75 bits per heavy atom. The maximum absolute atomic E-state index is 12.2. The van der Waals surface area contributed by atoms with E-state index in [9.17, 15) is 22.8 Å². The van der Waals surface area contributed by atoms with Crippen LogP contribution >= 0.6 is 0 Å². The minimum absolute atomic E-state index is 0.123. The van der Waals surface area contributed by atoms with Gasteiger partial charge in [0.1, 0.15) is 6.04 Å². The fraction of sp³-hybridized carbons (Fsp3) is 0.526. The van der Waals surface area contributed by atoms with E-state index in [1.807, 2.05) is 13.8 Å². The number of methoxy groups -OCH3 is 1. The summed E-state index contributed by atoms with van der Waals surface area (Å²) in [7, 11) is -2.40. The van der Waals surface area contributed by atoms with Gasteiger partial charge < -0.3 is 14.8 Å². The minimum Gasteiger partial charge on any atom is -0.467 e. The van der Waals surface area contributed by atoms with Gasteiger partial charge >= 0.3 is 11.9 Å². The molecule has 0 radical (unpaired) electrons. The third-order valence-corrected chi connectivity index (χ3v) is 6.04. The van der Waals surface area contributed by atoms with Crippen LogP contribution in [0.25, 0.3) is 0 Å². The lowest BCUT2D eigenvalue weighted by molar-refractivity contribution is -0.150. The summed E-state index contributed by atoms with van der Waals surface area (Å²) in [4.78, 5) is 35.6. The zero-order valence-electron chi connectivity index (χ0n) is 16.6. The molecule has 1 N–H and O–H groups in total. The molecule has 8 nitrogen and oxygen atoms in total. The number of esters is 2. The second-order valence-electron chi connectivity index (χ2n) is 6.50. The van der Waals surface area contributed by atoms with E-state index in [4.69, 9.17) is 4.74 Å². The molecular formula is C19H27NO7S. The quantitative estimate of drug-likeness (QED) is 0.577. The Bertz CT molecular complexity index is 787. The Kier molecular flexibility index (Phi) is 9.11. The van der Waals surface area contributed by atoms with Crippen molar-refractivity contribution < 1.29 is 32.3 Å². The molecule has 9 heteroatoms. The number of amides is 1. The first kappa shape index (κ1) is 23.6. The van der Waals surface area contributed by atoms with Gasteiger partial charge in [-0.3, -0.25) is 9.59 Å². The lowest BCUT2D eigenvalue weighted by Gasteiger charge is -2.21. The highest BCUT2D eigenvalue weighted by molar-refractivity contribution is 7.91. The minimum atomic E-state index is -3.62. The first-order valence-electron chi connectivity index (χ1n) is 8.93. The summed E-state index contributed by atoms with van der Waals surface area (Å²) in [5.41, 5.74) is 0.923. The van der Waals surface area contributed by atoms with Crippen LogP contribution in [0.5, 0.6) is 0 Å². The lowest BCUT2D eigenvalue weighted by Crippen LogP contribution is -2.47. The lowest BCUT2D eigenvalue weighted by atomic mass is 9.99. The number of carbonyl (C=O) groups is 3. The first-order chi connectivity index (χ1) is 13.1. The van der Waals surface area contributed by atoms with E-state index in [1.165, 1.54) is 19.2 Å². The van der Waals surface area contributed by atoms with Crippen LogP contribution in [0, 0.1) is 12.8 Å². The van der Waals surface area contributed by atoms with Crippen molar-refractivity contribution in [1.29, 1.82) is 0 Å². The highest BCUT2D eigenvalue weighted by Gasteiger charge is 2.27. The smallest absolute Gasteiger partial charge is 0.328 e. The summed E-state index contributed by atoms with van der Waals surface area (Å²) < 4.78 is 33.9. The molecule has 0 unspecified atom stereocenters. The standard InChI is InChI=1S/C19H27NO7S/c1-5-14(3)18(19(23)26-4)20-16(21)12-27-17(22)10-11-28(24,25)15-8-6-13(2)7-9-15/h6-9,14,18H,5,10-12H2,1-4H3,(H,20,21)/t14-,18+/m1/s1. The number of aryl methyl sites for hydroxylation is 1. The summed E-state index contributed by atoms with van der Waals surface area (Å²) in [6, 6.07) is 5.45. The van der Waals surface area contributed by atoms with Crippen molar-refractivity contribution in [2.45, 2.75) is 44.6 Å². The third-order valence-electron chi connectivity index (χ3n) is 4.30. The van der Waals surface area contributed by atoms with E-state index >= 15 is 0 Å². The Morgan fingerprint density at radius 1 is 1.14 bits per heavy atom. The van der Waals surface area contributed by atoms with Crippen molar-refractivity contribution in [3.05, 3.63) is 29.8 Å². The number of rotatable bonds is 10. The van der Waals surface area contributed by atoms with Crippen LogP contribution in [0.1, 0.15) is 32.3 Å². The Hall–Kier alpha value is -2.42. The molecule has 0 aliphatic heterocycles. The van der Waals surface area contributed by atoms with Crippen LogP contribution in [0.15, 0.2) is 29.2 Å². The van der Waals surface area contributed by atoms with Crippen LogP contribution in [-0.2, 0) is 33.7 Å². The molecule has 0 aliphatic carbocycles. The molecule has 0 bridgehead atoms. The maximum Gasteiger partial charge on any atom is 0.328 e. The Labute approximate surface area is 165 Å². The largest absolute Gasteiger partial charge is 0.467 e. The van der Waals surface area contributed by atoms with Crippen LogP contribution < -0.4 is 5.32 Å². The zero-order valence-corrected chi connectivity index (χ0v) is 17.4. The van der Waals surface area contributed by atoms with Crippen LogP contribution in [0.3, 0.4) is 0 Å². The topological polar surface area (TPSA) is 116 Å². The molecule has 0 aromatic heterocycles. The molecule has 0 heterocycles. The summed E-state index contributed by atoms with van der Waals surface area (Å²) in [6.07, 6.45) is 0.256. The maximum atomic E-state index is 12.2. The summed E-state index contributed by atoms with van der Waals surface area (Å²) in [5.74, 6) is -2.65. The molecule has 28 heavy (non-hydrogen) atoms. The third kappa shape index (κ3) is 7.30. The first-order valence-corrected chi connectivity index (χ1v) is 10.6. The highest BCUT2D eigenvalue weighted by Crippen LogP contribution is 2.13. The van der Waals surface area contributed by atoms with Gasteiger partial charge in [-0.05, 0) is 25.0 Å². The van der Waals surface area contributed by atoms with Gasteiger partial charge in [0.25, 0.3) is 5.91 Å². The van der Waals surface area contributed by atoms with Crippen molar-refractivity contribution in [1.82, 2.24) is 5.32 Å². The normalized spacial score (nSPS) is 13.3.